The van der Waals surface area contributed by atoms with Gasteiger partial charge in [-0.3, -0.25) is 14.9 Å². The average molecular weight is 382 g/mol. The maximum Gasteiger partial charge on any atom is 0.257 e. The molecular formula is C19H18N4O3S. The number of para-hydroxylation sites is 1. The fraction of sp³-hybridized carbons (Fsp3) is 0.158. The van der Waals surface area contributed by atoms with Crippen LogP contribution >= 0.6 is 11.3 Å². The van der Waals surface area contributed by atoms with Gasteiger partial charge in [0.15, 0.2) is 0 Å². The van der Waals surface area contributed by atoms with Crippen molar-refractivity contribution in [2.75, 3.05) is 17.2 Å². The lowest BCUT2D eigenvalue weighted by atomic mass is 10.2. The second-order valence-corrected chi connectivity index (χ2v) is 6.69. The Hall–Kier alpha value is -3.26. The van der Waals surface area contributed by atoms with Crippen LogP contribution < -0.4 is 15.4 Å². The second-order valence-electron chi connectivity index (χ2n) is 5.63. The van der Waals surface area contributed by atoms with Crippen LogP contribution in [0.1, 0.15) is 22.3 Å². The number of rotatable bonds is 7. The molecule has 2 aromatic carbocycles. The number of ether oxygens (including phenoxy) is 1. The van der Waals surface area contributed by atoms with E-state index in [0.29, 0.717) is 29.4 Å². The molecule has 8 heteroatoms. The van der Waals surface area contributed by atoms with Crippen molar-refractivity contribution in [3.63, 3.8) is 0 Å². The summed E-state index contributed by atoms with van der Waals surface area (Å²) in [6.45, 7) is 1.89. The van der Waals surface area contributed by atoms with E-state index in [-0.39, 0.29) is 11.8 Å². The maximum absolute atomic E-state index is 12.4. The van der Waals surface area contributed by atoms with Crippen LogP contribution in [0.2, 0.25) is 0 Å². The van der Waals surface area contributed by atoms with Gasteiger partial charge in [0, 0.05) is 24.6 Å². The molecule has 2 amide bonds. The summed E-state index contributed by atoms with van der Waals surface area (Å²) in [4.78, 5) is 23.5. The molecule has 0 atom stereocenters. The average Bonchev–Trinajstić information content (AvgIpc) is 3.09. The summed E-state index contributed by atoms with van der Waals surface area (Å²) in [5.41, 5.74) is 0.983. The zero-order valence-corrected chi connectivity index (χ0v) is 15.5. The molecule has 0 fully saturated rings. The minimum atomic E-state index is -0.314. The van der Waals surface area contributed by atoms with Crippen LogP contribution in [0.5, 0.6) is 5.75 Å². The normalized spacial score (nSPS) is 10.3. The lowest BCUT2D eigenvalue weighted by molar-refractivity contribution is -0.114. The van der Waals surface area contributed by atoms with Gasteiger partial charge in [0.2, 0.25) is 11.0 Å². The van der Waals surface area contributed by atoms with Gasteiger partial charge >= 0.3 is 0 Å². The van der Waals surface area contributed by atoms with E-state index in [1.165, 1.54) is 18.3 Å². The van der Waals surface area contributed by atoms with Crippen LogP contribution in [0.15, 0.2) is 54.6 Å². The van der Waals surface area contributed by atoms with E-state index in [1.807, 2.05) is 30.3 Å². The number of amides is 2. The first-order valence-electron chi connectivity index (χ1n) is 8.29. The number of carbonyl (C=O) groups is 2. The number of benzene rings is 2. The largest absolute Gasteiger partial charge is 0.493 e. The number of hydrogen-bond acceptors (Lipinski definition) is 6. The number of aromatic nitrogens is 2. The smallest absolute Gasteiger partial charge is 0.257 e. The molecule has 3 rings (SSSR count). The van der Waals surface area contributed by atoms with E-state index in [0.717, 1.165) is 10.8 Å². The predicted molar refractivity (Wildman–Crippen MR) is 104 cm³/mol. The molecule has 0 spiro atoms. The van der Waals surface area contributed by atoms with Gasteiger partial charge in [-0.05, 0) is 30.3 Å². The van der Waals surface area contributed by atoms with Gasteiger partial charge in [0.05, 0.1) is 6.61 Å². The summed E-state index contributed by atoms with van der Waals surface area (Å²) >= 11 is 1.30. The summed E-state index contributed by atoms with van der Waals surface area (Å²) in [5.74, 6) is 0.291. The first-order chi connectivity index (χ1) is 13.1. The zero-order valence-electron chi connectivity index (χ0n) is 14.6. The quantitative estimate of drug-likeness (QED) is 0.653. The van der Waals surface area contributed by atoms with Gasteiger partial charge in [-0.2, -0.15) is 0 Å². The van der Waals surface area contributed by atoms with Crippen molar-refractivity contribution in [3.8, 4) is 5.75 Å². The standard InChI is InChI=1S/C19H18N4O3S/c1-13(24)20-15-7-5-6-14(12-15)18(25)21-19-23-22-17(27-19)10-11-26-16-8-3-2-4-9-16/h2-9,12H,10-11H2,1H3,(H,20,24)(H,21,23,25). The molecule has 1 heterocycles. The Morgan fingerprint density at radius 1 is 1.04 bits per heavy atom. The van der Waals surface area contributed by atoms with Crippen LogP contribution in [-0.2, 0) is 11.2 Å². The summed E-state index contributed by atoms with van der Waals surface area (Å²) in [7, 11) is 0. The summed E-state index contributed by atoms with van der Waals surface area (Å²) in [5, 5.41) is 14.6. The van der Waals surface area contributed by atoms with Crippen molar-refractivity contribution < 1.29 is 14.3 Å². The SMILES string of the molecule is CC(=O)Nc1cccc(C(=O)Nc2nnc(CCOc3ccccc3)s2)c1. The van der Waals surface area contributed by atoms with Crippen LogP contribution in [0.3, 0.4) is 0 Å². The summed E-state index contributed by atoms with van der Waals surface area (Å²) in [6.07, 6.45) is 0.598. The van der Waals surface area contributed by atoms with Crippen LogP contribution in [-0.4, -0.2) is 28.6 Å². The van der Waals surface area contributed by atoms with Gasteiger partial charge in [-0.1, -0.05) is 35.6 Å². The zero-order chi connectivity index (χ0) is 19.1. The van der Waals surface area contributed by atoms with Gasteiger partial charge in [0.25, 0.3) is 5.91 Å². The fourth-order valence-electron chi connectivity index (χ4n) is 2.29. The number of carbonyl (C=O) groups excluding carboxylic acids is 2. The molecule has 0 aliphatic heterocycles. The third-order valence-electron chi connectivity index (χ3n) is 3.46. The van der Waals surface area contributed by atoms with Gasteiger partial charge in [-0.15, -0.1) is 10.2 Å². The highest BCUT2D eigenvalue weighted by Gasteiger charge is 2.11. The minimum absolute atomic E-state index is 0.195. The van der Waals surface area contributed by atoms with Crippen molar-refractivity contribution in [2.24, 2.45) is 0 Å². The third kappa shape index (κ3) is 5.61. The Bertz CT molecular complexity index is 927. The molecule has 7 nitrogen and oxygen atoms in total. The highest BCUT2D eigenvalue weighted by molar-refractivity contribution is 7.15. The molecule has 1 aromatic heterocycles. The Kier molecular flexibility index (Phi) is 6.11. The van der Waals surface area contributed by atoms with E-state index < -0.39 is 0 Å². The predicted octanol–water partition coefficient (Wildman–Crippen LogP) is 3.37. The van der Waals surface area contributed by atoms with Crippen LogP contribution in [0.4, 0.5) is 10.8 Å². The van der Waals surface area contributed by atoms with E-state index in [9.17, 15) is 9.59 Å². The molecule has 0 aliphatic rings. The molecular weight excluding hydrogens is 364 g/mol. The highest BCUT2D eigenvalue weighted by atomic mass is 32.1. The lowest BCUT2D eigenvalue weighted by Crippen LogP contribution is -2.13. The molecule has 0 saturated heterocycles. The Morgan fingerprint density at radius 2 is 1.85 bits per heavy atom. The molecule has 0 unspecified atom stereocenters. The second kappa shape index (κ2) is 8.91. The molecule has 0 bridgehead atoms. The van der Waals surface area contributed by atoms with Crippen molar-refractivity contribution in [1.29, 1.82) is 0 Å². The van der Waals surface area contributed by atoms with Crippen molar-refractivity contribution in [2.45, 2.75) is 13.3 Å². The van der Waals surface area contributed by atoms with E-state index in [2.05, 4.69) is 20.8 Å². The topological polar surface area (TPSA) is 93.2 Å². The monoisotopic (exact) mass is 382 g/mol. The molecule has 2 N–H and O–H groups in total. The van der Waals surface area contributed by atoms with Crippen molar-refractivity contribution >= 4 is 34.0 Å². The highest BCUT2D eigenvalue weighted by Crippen LogP contribution is 2.18. The molecule has 27 heavy (non-hydrogen) atoms. The summed E-state index contributed by atoms with van der Waals surface area (Å²) in [6, 6.07) is 16.2. The minimum Gasteiger partial charge on any atom is -0.493 e. The van der Waals surface area contributed by atoms with Crippen LogP contribution in [0.25, 0.3) is 0 Å². The Morgan fingerprint density at radius 3 is 2.63 bits per heavy atom. The molecule has 3 aromatic rings. The van der Waals surface area contributed by atoms with E-state index in [4.69, 9.17) is 4.74 Å². The lowest BCUT2D eigenvalue weighted by Gasteiger charge is -2.05. The van der Waals surface area contributed by atoms with E-state index >= 15 is 0 Å². The number of nitrogens with one attached hydrogen (secondary N) is 2. The first kappa shape index (κ1) is 18.5. The van der Waals surface area contributed by atoms with Gasteiger partial charge in [-0.25, -0.2) is 0 Å². The molecule has 0 saturated carbocycles. The maximum atomic E-state index is 12.4. The number of nitrogens with zero attached hydrogens (tertiary/aromatic N) is 2. The third-order valence-corrected chi connectivity index (χ3v) is 4.36. The molecule has 0 radical (unpaired) electrons. The molecule has 138 valence electrons. The Labute approximate surface area is 160 Å². The van der Waals surface area contributed by atoms with Gasteiger partial charge < -0.3 is 10.1 Å². The first-order valence-corrected chi connectivity index (χ1v) is 9.11. The van der Waals surface area contributed by atoms with Crippen LogP contribution in [0, 0.1) is 0 Å². The van der Waals surface area contributed by atoms with Gasteiger partial charge in [0.1, 0.15) is 10.8 Å². The fourth-order valence-corrected chi connectivity index (χ4v) is 3.00. The Balaban J connectivity index is 1.54. The van der Waals surface area contributed by atoms with Crippen molar-refractivity contribution in [1.82, 2.24) is 10.2 Å². The van der Waals surface area contributed by atoms with E-state index in [1.54, 1.807) is 24.3 Å². The number of hydrogen-bond donors (Lipinski definition) is 2. The summed E-state index contributed by atoms with van der Waals surface area (Å²) < 4.78 is 5.63. The van der Waals surface area contributed by atoms with Crippen molar-refractivity contribution in [3.05, 3.63) is 65.2 Å². The number of anilines is 2. The molecule has 0 aliphatic carbocycles.